The lowest BCUT2D eigenvalue weighted by molar-refractivity contribution is 0.340. The predicted molar refractivity (Wildman–Crippen MR) is 101 cm³/mol. The van der Waals surface area contributed by atoms with Crippen LogP contribution in [0.3, 0.4) is 0 Å². The molecule has 0 aromatic heterocycles. The van der Waals surface area contributed by atoms with Crippen molar-refractivity contribution in [1.82, 2.24) is 0 Å². The van der Waals surface area contributed by atoms with Crippen LogP contribution in [0.25, 0.3) is 0 Å². The summed E-state index contributed by atoms with van der Waals surface area (Å²) in [5.74, 6) is 0.738. The highest BCUT2D eigenvalue weighted by Crippen LogP contribution is 2.26. The summed E-state index contributed by atoms with van der Waals surface area (Å²) < 4.78 is 57.9. The fraction of sp³-hybridized carbons (Fsp3) is 0.294. The monoisotopic (exact) mass is 396 g/mol. The van der Waals surface area contributed by atoms with Crippen LogP contribution in [0, 0.1) is 0 Å². The summed E-state index contributed by atoms with van der Waals surface area (Å²) in [7, 11) is -6.99. The van der Waals surface area contributed by atoms with Crippen molar-refractivity contribution in [1.29, 1.82) is 0 Å². The topological polar surface area (TPSA) is 92.8 Å². The molecule has 0 atom stereocenters. The number of hydrogen-bond donors (Lipinski definition) is 1. The third kappa shape index (κ3) is 3.94. The van der Waals surface area contributed by atoms with E-state index in [2.05, 4.69) is 4.72 Å². The Hall–Kier alpha value is -2.26. The molecule has 26 heavy (non-hydrogen) atoms. The van der Waals surface area contributed by atoms with E-state index in [0.717, 1.165) is 0 Å². The van der Waals surface area contributed by atoms with Gasteiger partial charge in [0, 0.05) is 12.2 Å². The molecule has 3 rings (SSSR count). The number of ether oxygens (including phenoxy) is 1. The van der Waals surface area contributed by atoms with Crippen molar-refractivity contribution in [2.45, 2.75) is 18.2 Å². The molecule has 0 unspecified atom stereocenters. The number of hydrogen-bond acceptors (Lipinski definition) is 5. The quantitative estimate of drug-likeness (QED) is 0.809. The maximum absolute atomic E-state index is 12.5. The first-order valence-corrected chi connectivity index (χ1v) is 11.3. The highest BCUT2D eigenvalue weighted by atomic mass is 32.2. The van der Waals surface area contributed by atoms with Crippen LogP contribution in [-0.2, 0) is 20.0 Å². The zero-order valence-corrected chi connectivity index (χ0v) is 15.9. The molecule has 2 aromatic carbocycles. The van der Waals surface area contributed by atoms with Gasteiger partial charge in [0.05, 0.1) is 22.9 Å². The Labute approximate surface area is 153 Å². The molecule has 0 saturated carbocycles. The van der Waals surface area contributed by atoms with E-state index in [1.165, 1.54) is 16.4 Å². The molecule has 0 spiro atoms. The van der Waals surface area contributed by atoms with E-state index in [1.54, 1.807) is 36.4 Å². The Morgan fingerprint density at radius 3 is 2.27 bits per heavy atom. The fourth-order valence-corrected chi connectivity index (χ4v) is 5.34. The second kappa shape index (κ2) is 7.16. The molecule has 1 saturated heterocycles. The first-order valence-electron chi connectivity index (χ1n) is 8.18. The summed E-state index contributed by atoms with van der Waals surface area (Å²) in [6.07, 6.45) is 0.592. The van der Waals surface area contributed by atoms with Gasteiger partial charge in [-0.1, -0.05) is 0 Å². The summed E-state index contributed by atoms with van der Waals surface area (Å²) in [6, 6.07) is 12.4. The van der Waals surface area contributed by atoms with Gasteiger partial charge in [0.2, 0.25) is 10.0 Å². The van der Waals surface area contributed by atoms with Crippen LogP contribution < -0.4 is 13.8 Å². The molecule has 1 aliphatic heterocycles. The Morgan fingerprint density at radius 1 is 1.08 bits per heavy atom. The number of sulfonamides is 2. The van der Waals surface area contributed by atoms with Crippen molar-refractivity contribution in [3.8, 4) is 5.75 Å². The Morgan fingerprint density at radius 2 is 1.73 bits per heavy atom. The van der Waals surface area contributed by atoms with E-state index in [4.69, 9.17) is 4.74 Å². The van der Waals surface area contributed by atoms with Gasteiger partial charge in [0.15, 0.2) is 0 Å². The molecule has 0 bridgehead atoms. The summed E-state index contributed by atoms with van der Waals surface area (Å²) in [5, 5.41) is 0. The molecule has 1 fully saturated rings. The minimum absolute atomic E-state index is 0.118. The van der Waals surface area contributed by atoms with E-state index in [-0.39, 0.29) is 10.6 Å². The van der Waals surface area contributed by atoms with Crippen LogP contribution >= 0.6 is 0 Å². The molecule has 2 aromatic rings. The van der Waals surface area contributed by atoms with Crippen molar-refractivity contribution in [3.05, 3.63) is 48.5 Å². The first kappa shape index (κ1) is 18.5. The van der Waals surface area contributed by atoms with Gasteiger partial charge in [-0.15, -0.1) is 0 Å². The van der Waals surface area contributed by atoms with Gasteiger partial charge in [-0.3, -0.25) is 9.03 Å². The van der Waals surface area contributed by atoms with E-state index in [1.807, 2.05) is 6.92 Å². The van der Waals surface area contributed by atoms with Crippen molar-refractivity contribution >= 4 is 31.4 Å². The van der Waals surface area contributed by atoms with Gasteiger partial charge in [-0.2, -0.15) is 0 Å². The van der Waals surface area contributed by atoms with Crippen LogP contribution in [-0.4, -0.2) is 35.7 Å². The second-order valence-corrected chi connectivity index (χ2v) is 9.49. The highest BCUT2D eigenvalue weighted by molar-refractivity contribution is 7.93. The number of anilines is 2. The van der Waals surface area contributed by atoms with Gasteiger partial charge in [-0.05, 0) is 61.9 Å². The van der Waals surface area contributed by atoms with E-state index in [9.17, 15) is 16.8 Å². The van der Waals surface area contributed by atoms with Gasteiger partial charge < -0.3 is 4.74 Å². The number of nitrogens with zero attached hydrogens (tertiary/aromatic N) is 1. The Kier molecular flexibility index (Phi) is 5.10. The Balaban J connectivity index is 1.75. The van der Waals surface area contributed by atoms with Gasteiger partial charge in [0.25, 0.3) is 10.0 Å². The van der Waals surface area contributed by atoms with Crippen LogP contribution in [0.1, 0.15) is 13.3 Å². The number of nitrogens with one attached hydrogen (secondary N) is 1. The molecule has 9 heteroatoms. The van der Waals surface area contributed by atoms with Crippen LogP contribution in [0.15, 0.2) is 53.4 Å². The smallest absolute Gasteiger partial charge is 0.261 e. The average Bonchev–Trinajstić information content (AvgIpc) is 2.95. The molecule has 1 aliphatic rings. The Bertz CT molecular complexity index is 969. The van der Waals surface area contributed by atoms with E-state index >= 15 is 0 Å². The first-order chi connectivity index (χ1) is 12.3. The fourth-order valence-electron chi connectivity index (χ4n) is 2.72. The largest absolute Gasteiger partial charge is 0.494 e. The van der Waals surface area contributed by atoms with E-state index < -0.39 is 20.0 Å². The van der Waals surface area contributed by atoms with Gasteiger partial charge in [-0.25, -0.2) is 16.8 Å². The highest BCUT2D eigenvalue weighted by Gasteiger charge is 2.28. The minimum atomic E-state index is -3.74. The summed E-state index contributed by atoms with van der Waals surface area (Å²) >= 11 is 0. The SMILES string of the molecule is CCOc1ccc(S(=O)(=O)Nc2ccc(N3CCCS3(=O)=O)cc2)cc1. The molecular weight excluding hydrogens is 376 g/mol. The van der Waals surface area contributed by atoms with E-state index in [0.29, 0.717) is 36.7 Å². The summed E-state index contributed by atoms with van der Waals surface area (Å²) in [6.45, 7) is 2.80. The summed E-state index contributed by atoms with van der Waals surface area (Å²) in [4.78, 5) is 0.118. The van der Waals surface area contributed by atoms with Crippen molar-refractivity contribution in [3.63, 3.8) is 0 Å². The second-order valence-electron chi connectivity index (χ2n) is 5.80. The predicted octanol–water partition coefficient (Wildman–Crippen LogP) is 2.43. The molecule has 140 valence electrons. The van der Waals surface area contributed by atoms with Gasteiger partial charge >= 0.3 is 0 Å². The third-order valence-corrected chi connectivity index (χ3v) is 7.22. The lowest BCUT2D eigenvalue weighted by atomic mass is 10.3. The third-order valence-electron chi connectivity index (χ3n) is 3.95. The van der Waals surface area contributed by atoms with Crippen LogP contribution in [0.4, 0.5) is 11.4 Å². The van der Waals surface area contributed by atoms with Crippen molar-refractivity contribution in [2.24, 2.45) is 0 Å². The standard InChI is InChI=1S/C17H20N2O5S2/c1-2-24-16-8-10-17(11-9-16)26(22,23)18-14-4-6-15(7-5-14)19-12-3-13-25(19,20)21/h4-11,18H,2-3,12-13H2,1H3. The maximum atomic E-state index is 12.5. The van der Waals surface area contributed by atoms with Gasteiger partial charge in [0.1, 0.15) is 5.75 Å². The zero-order valence-electron chi connectivity index (χ0n) is 14.3. The van der Waals surface area contributed by atoms with Crippen molar-refractivity contribution in [2.75, 3.05) is 27.9 Å². The maximum Gasteiger partial charge on any atom is 0.261 e. The summed E-state index contributed by atoms with van der Waals surface area (Å²) in [5.41, 5.74) is 0.894. The number of benzene rings is 2. The molecule has 1 heterocycles. The molecule has 7 nitrogen and oxygen atoms in total. The molecule has 0 radical (unpaired) electrons. The van der Waals surface area contributed by atoms with Crippen LogP contribution in [0.2, 0.25) is 0 Å². The molecule has 1 N–H and O–H groups in total. The molecule has 0 amide bonds. The lowest BCUT2D eigenvalue weighted by Crippen LogP contribution is -2.25. The van der Waals surface area contributed by atoms with Crippen molar-refractivity contribution < 1.29 is 21.6 Å². The molecular formula is C17H20N2O5S2. The van der Waals surface area contributed by atoms with Crippen LogP contribution in [0.5, 0.6) is 5.75 Å². The minimum Gasteiger partial charge on any atom is -0.494 e. The normalized spacial score (nSPS) is 16.4. The average molecular weight is 396 g/mol. The lowest BCUT2D eigenvalue weighted by Gasteiger charge is -2.17. The molecule has 0 aliphatic carbocycles. The number of rotatable bonds is 6. The zero-order chi connectivity index (χ0) is 18.8.